The molecule has 3 rings (SSSR count). The number of nitrogens with zero attached hydrogens (tertiary/aromatic N) is 1. The number of amides is 3. The lowest BCUT2D eigenvalue weighted by Gasteiger charge is -2.25. The largest absolute Gasteiger partial charge is 0.325 e. The molecule has 0 radical (unpaired) electrons. The second-order valence-electron chi connectivity index (χ2n) is 5.74. The summed E-state index contributed by atoms with van der Waals surface area (Å²) in [5, 5.41) is 2.78. The van der Waals surface area contributed by atoms with Crippen LogP contribution in [0.5, 0.6) is 0 Å². The molecule has 5 nitrogen and oxygen atoms in total. The number of hydrogen-bond acceptors (Lipinski definition) is 3. The first-order valence-electron chi connectivity index (χ1n) is 7.86. The van der Waals surface area contributed by atoms with Crippen molar-refractivity contribution in [1.29, 1.82) is 0 Å². The highest BCUT2D eigenvalue weighted by Gasteiger charge is 2.51. The lowest BCUT2D eigenvalue weighted by atomic mass is 9.87. The van der Waals surface area contributed by atoms with Gasteiger partial charge in [-0.1, -0.05) is 67.6 Å². The molecule has 122 valence electrons. The molecule has 0 bridgehead atoms. The van der Waals surface area contributed by atoms with Gasteiger partial charge < -0.3 is 5.32 Å². The third-order valence-corrected chi connectivity index (χ3v) is 4.37. The molecule has 0 spiro atoms. The third-order valence-electron chi connectivity index (χ3n) is 4.37. The van der Waals surface area contributed by atoms with Gasteiger partial charge >= 0.3 is 6.03 Å². The van der Waals surface area contributed by atoms with Crippen LogP contribution >= 0.6 is 0 Å². The van der Waals surface area contributed by atoms with Crippen LogP contribution in [-0.2, 0) is 10.3 Å². The monoisotopic (exact) mass is 322 g/mol. The van der Waals surface area contributed by atoms with Crippen molar-refractivity contribution >= 4 is 17.7 Å². The normalized spacial score (nSPS) is 20.1. The molecule has 1 heterocycles. The minimum absolute atomic E-state index is 0.261. The lowest BCUT2D eigenvalue weighted by Crippen LogP contribution is -2.43. The molecule has 1 fully saturated rings. The van der Waals surface area contributed by atoms with Gasteiger partial charge in [0.05, 0.1) is 6.54 Å². The maximum Gasteiger partial charge on any atom is 0.325 e. The Hall–Kier alpha value is -2.95. The Kier molecular flexibility index (Phi) is 4.16. The van der Waals surface area contributed by atoms with Crippen molar-refractivity contribution in [1.82, 2.24) is 10.2 Å². The molecule has 0 aliphatic carbocycles. The number of hydrogen-bond donors (Lipinski definition) is 1. The number of imide groups is 1. The summed E-state index contributed by atoms with van der Waals surface area (Å²) in [7, 11) is 0. The van der Waals surface area contributed by atoms with Crippen molar-refractivity contribution in [3.8, 4) is 0 Å². The molecule has 3 amide bonds. The predicted molar refractivity (Wildman–Crippen MR) is 89.4 cm³/mol. The van der Waals surface area contributed by atoms with Crippen LogP contribution in [0.15, 0.2) is 60.7 Å². The van der Waals surface area contributed by atoms with Crippen LogP contribution in [0.25, 0.3) is 0 Å². The van der Waals surface area contributed by atoms with E-state index in [1.165, 1.54) is 0 Å². The molecule has 5 heteroatoms. The minimum atomic E-state index is -1.10. The topological polar surface area (TPSA) is 66.5 Å². The van der Waals surface area contributed by atoms with E-state index in [1.807, 2.05) is 43.3 Å². The summed E-state index contributed by atoms with van der Waals surface area (Å²) in [6.45, 7) is 1.58. The zero-order valence-electron chi connectivity index (χ0n) is 13.4. The molecule has 2 aromatic rings. The van der Waals surface area contributed by atoms with Gasteiger partial charge in [0.15, 0.2) is 5.78 Å². The van der Waals surface area contributed by atoms with E-state index in [0.717, 1.165) is 10.5 Å². The molecular formula is C19H18N2O3. The minimum Gasteiger partial charge on any atom is -0.319 e. The molecule has 24 heavy (non-hydrogen) atoms. The molecule has 2 aromatic carbocycles. The molecule has 1 atom stereocenters. The molecule has 0 unspecified atom stereocenters. The van der Waals surface area contributed by atoms with Gasteiger partial charge in [-0.3, -0.25) is 14.5 Å². The van der Waals surface area contributed by atoms with Gasteiger partial charge in [-0.2, -0.15) is 0 Å². The highest BCUT2D eigenvalue weighted by molar-refractivity contribution is 6.11. The number of carbonyl (C=O) groups is 3. The summed E-state index contributed by atoms with van der Waals surface area (Å²) in [6, 6.07) is 17.2. The van der Waals surface area contributed by atoms with Crippen LogP contribution < -0.4 is 5.32 Å². The van der Waals surface area contributed by atoms with Gasteiger partial charge in [-0.05, 0) is 12.0 Å². The van der Waals surface area contributed by atoms with Crippen LogP contribution in [0.2, 0.25) is 0 Å². The molecule has 0 aromatic heterocycles. The van der Waals surface area contributed by atoms with E-state index in [0.29, 0.717) is 12.0 Å². The van der Waals surface area contributed by atoms with Crippen LogP contribution in [-0.4, -0.2) is 29.2 Å². The lowest BCUT2D eigenvalue weighted by molar-refractivity contribution is -0.131. The molecule has 1 aliphatic rings. The standard InChI is InChI=1S/C19H18N2O3/c1-2-19(15-11-7-4-8-12-15)17(23)21(18(24)20-19)13-16(22)14-9-5-3-6-10-14/h3-12H,2,13H2,1H3,(H,20,24)/t19-/m1/s1. The molecular weight excluding hydrogens is 304 g/mol. The maximum absolute atomic E-state index is 12.9. The van der Waals surface area contributed by atoms with Crippen LogP contribution in [0.4, 0.5) is 4.79 Å². The van der Waals surface area contributed by atoms with Gasteiger partial charge in [0.25, 0.3) is 5.91 Å². The predicted octanol–water partition coefficient (Wildman–Crippen LogP) is 2.73. The van der Waals surface area contributed by atoms with E-state index in [9.17, 15) is 14.4 Å². The molecule has 0 saturated carbocycles. The van der Waals surface area contributed by atoms with Gasteiger partial charge in [0, 0.05) is 5.56 Å². The first-order valence-corrected chi connectivity index (χ1v) is 7.86. The van der Waals surface area contributed by atoms with E-state index >= 15 is 0 Å². The summed E-state index contributed by atoms with van der Waals surface area (Å²) >= 11 is 0. The quantitative estimate of drug-likeness (QED) is 0.680. The highest BCUT2D eigenvalue weighted by Crippen LogP contribution is 2.32. The van der Waals surface area contributed by atoms with Gasteiger partial charge in [0.2, 0.25) is 0 Å². The molecule has 1 saturated heterocycles. The zero-order chi connectivity index (χ0) is 17.2. The molecule has 1 N–H and O–H groups in total. The van der Waals surface area contributed by atoms with E-state index in [-0.39, 0.29) is 18.2 Å². The van der Waals surface area contributed by atoms with Crippen LogP contribution in [0.1, 0.15) is 29.3 Å². The number of benzene rings is 2. The first-order chi connectivity index (χ1) is 11.6. The Morgan fingerprint density at radius 1 is 1.00 bits per heavy atom. The summed E-state index contributed by atoms with van der Waals surface area (Å²) in [6.07, 6.45) is 0.414. The highest BCUT2D eigenvalue weighted by atomic mass is 16.2. The summed E-state index contributed by atoms with van der Waals surface area (Å²) < 4.78 is 0. The Morgan fingerprint density at radius 3 is 2.17 bits per heavy atom. The Bertz CT molecular complexity index is 774. The number of urea groups is 1. The fourth-order valence-corrected chi connectivity index (χ4v) is 2.99. The van der Waals surface area contributed by atoms with Crippen molar-refractivity contribution in [3.63, 3.8) is 0 Å². The Balaban J connectivity index is 1.88. The van der Waals surface area contributed by atoms with E-state index in [2.05, 4.69) is 5.32 Å². The number of nitrogens with one attached hydrogen (secondary N) is 1. The van der Waals surface area contributed by atoms with Gasteiger partial charge in [0.1, 0.15) is 5.54 Å². The fraction of sp³-hybridized carbons (Fsp3) is 0.211. The average molecular weight is 322 g/mol. The second-order valence-corrected chi connectivity index (χ2v) is 5.74. The maximum atomic E-state index is 12.9. The Morgan fingerprint density at radius 2 is 1.58 bits per heavy atom. The summed E-state index contributed by atoms with van der Waals surface area (Å²) in [4.78, 5) is 38.6. The third kappa shape index (κ3) is 2.58. The van der Waals surface area contributed by atoms with E-state index in [1.54, 1.807) is 24.3 Å². The van der Waals surface area contributed by atoms with Gasteiger partial charge in [-0.25, -0.2) is 4.79 Å². The summed E-state index contributed by atoms with van der Waals surface area (Å²) in [5.74, 6) is -0.649. The number of ketones is 1. The van der Waals surface area contributed by atoms with Crippen molar-refractivity contribution in [2.24, 2.45) is 0 Å². The smallest absolute Gasteiger partial charge is 0.319 e. The van der Waals surface area contributed by atoms with Crippen molar-refractivity contribution in [2.45, 2.75) is 18.9 Å². The van der Waals surface area contributed by atoms with Crippen molar-refractivity contribution in [2.75, 3.05) is 6.54 Å². The summed E-state index contributed by atoms with van der Waals surface area (Å²) in [5.41, 5.74) is 0.0993. The van der Waals surface area contributed by atoms with E-state index < -0.39 is 11.6 Å². The number of carbonyl (C=O) groups excluding carboxylic acids is 3. The van der Waals surface area contributed by atoms with Crippen LogP contribution in [0, 0.1) is 0 Å². The van der Waals surface area contributed by atoms with Gasteiger partial charge in [-0.15, -0.1) is 0 Å². The first kappa shape index (κ1) is 15.9. The SMILES string of the molecule is CC[C@]1(c2ccccc2)NC(=O)N(CC(=O)c2ccccc2)C1=O. The van der Waals surface area contributed by atoms with Crippen molar-refractivity contribution < 1.29 is 14.4 Å². The van der Waals surface area contributed by atoms with E-state index in [4.69, 9.17) is 0 Å². The molecule has 1 aliphatic heterocycles. The average Bonchev–Trinajstić information content (AvgIpc) is 2.88. The van der Waals surface area contributed by atoms with Crippen LogP contribution in [0.3, 0.4) is 0 Å². The zero-order valence-corrected chi connectivity index (χ0v) is 13.4. The second kappa shape index (κ2) is 6.28. The van der Waals surface area contributed by atoms with Crippen molar-refractivity contribution in [3.05, 3.63) is 71.8 Å². The number of rotatable bonds is 5. The number of Topliss-reactive ketones (excluding diaryl/α,β-unsaturated/α-hetero) is 1. The Labute approximate surface area is 140 Å². The fourth-order valence-electron chi connectivity index (χ4n) is 2.99.